The van der Waals surface area contributed by atoms with Gasteiger partial charge in [0.15, 0.2) is 0 Å². The average molecular weight is 296 g/mol. The van der Waals surface area contributed by atoms with E-state index in [0.29, 0.717) is 11.7 Å². The molecule has 2 heterocycles. The number of para-hydroxylation sites is 1. The highest BCUT2D eigenvalue weighted by molar-refractivity contribution is 5.91. The van der Waals surface area contributed by atoms with E-state index in [-0.39, 0.29) is 0 Å². The lowest BCUT2D eigenvalue weighted by Crippen LogP contribution is -2.45. The molecule has 1 fully saturated rings. The summed E-state index contributed by atoms with van der Waals surface area (Å²) in [4.78, 5) is 6.76. The predicted molar refractivity (Wildman–Crippen MR) is 86.8 cm³/mol. The minimum atomic E-state index is 0.418. The van der Waals surface area contributed by atoms with E-state index in [2.05, 4.69) is 28.2 Å². The molecule has 3 rings (SSSR count). The Labute approximate surface area is 130 Å². The Morgan fingerprint density at radius 1 is 1.36 bits per heavy atom. The van der Waals surface area contributed by atoms with E-state index in [0.717, 1.165) is 49.4 Å². The molecule has 1 saturated heterocycles. The lowest BCUT2D eigenvalue weighted by molar-refractivity contribution is 0.0227. The topological polar surface area (TPSA) is 61.2 Å². The van der Waals surface area contributed by atoms with Crippen LogP contribution in [-0.2, 0) is 4.74 Å². The van der Waals surface area contributed by atoms with Crippen molar-refractivity contribution in [3.8, 4) is 6.07 Å². The van der Waals surface area contributed by atoms with Gasteiger partial charge in [-0.2, -0.15) is 5.26 Å². The molecule has 1 aromatic heterocycles. The molecule has 1 aromatic carbocycles. The van der Waals surface area contributed by atoms with Crippen LogP contribution in [0.25, 0.3) is 10.9 Å². The van der Waals surface area contributed by atoms with Crippen molar-refractivity contribution in [2.24, 2.45) is 0 Å². The average Bonchev–Trinajstić information content (AvgIpc) is 2.59. The standard InChI is InChI=1S/C17H20N4O/c1-13(21-6-8-22-9-7-21)12-19-17-10-14(11-18)20-16-5-3-2-4-15(16)17/h2-5,10,13H,6-9,12H2,1H3,(H,19,20). The summed E-state index contributed by atoms with van der Waals surface area (Å²) in [5.41, 5.74) is 2.27. The quantitative estimate of drug-likeness (QED) is 0.937. The normalized spacial score (nSPS) is 17.1. The number of pyridine rings is 1. The maximum Gasteiger partial charge on any atom is 0.143 e. The number of aromatic nitrogens is 1. The van der Waals surface area contributed by atoms with Crippen molar-refractivity contribution in [1.29, 1.82) is 5.26 Å². The SMILES string of the molecule is CC(CNc1cc(C#N)nc2ccccc12)N1CCOCC1. The zero-order valence-electron chi connectivity index (χ0n) is 12.7. The fourth-order valence-electron chi connectivity index (χ4n) is 2.78. The number of benzene rings is 1. The molecule has 1 aliphatic rings. The Kier molecular flexibility index (Phi) is 4.52. The third kappa shape index (κ3) is 3.19. The van der Waals surface area contributed by atoms with Crippen LogP contribution in [-0.4, -0.2) is 48.8 Å². The second-order valence-corrected chi connectivity index (χ2v) is 5.56. The zero-order chi connectivity index (χ0) is 15.4. The first-order valence-electron chi connectivity index (χ1n) is 7.63. The second-order valence-electron chi connectivity index (χ2n) is 5.56. The van der Waals surface area contributed by atoms with Crippen LogP contribution in [0.1, 0.15) is 12.6 Å². The number of rotatable bonds is 4. The number of nitrogens with zero attached hydrogens (tertiary/aromatic N) is 3. The molecule has 0 radical (unpaired) electrons. The van der Waals surface area contributed by atoms with Crippen molar-refractivity contribution >= 4 is 16.6 Å². The number of fused-ring (bicyclic) bond motifs is 1. The van der Waals surface area contributed by atoms with Crippen molar-refractivity contribution in [2.75, 3.05) is 38.2 Å². The van der Waals surface area contributed by atoms with Crippen molar-refractivity contribution in [3.05, 3.63) is 36.0 Å². The first kappa shape index (κ1) is 14.8. The summed E-state index contributed by atoms with van der Waals surface area (Å²) in [6.07, 6.45) is 0. The lowest BCUT2D eigenvalue weighted by atomic mass is 10.1. The molecule has 1 aliphatic heterocycles. The maximum atomic E-state index is 9.14. The number of nitrogens with one attached hydrogen (secondary N) is 1. The first-order valence-corrected chi connectivity index (χ1v) is 7.63. The molecule has 114 valence electrons. The van der Waals surface area contributed by atoms with Gasteiger partial charge in [-0.05, 0) is 19.1 Å². The Morgan fingerprint density at radius 3 is 2.91 bits per heavy atom. The highest BCUT2D eigenvalue weighted by atomic mass is 16.5. The Hall–Kier alpha value is -2.16. The summed E-state index contributed by atoms with van der Waals surface area (Å²) < 4.78 is 5.39. The summed E-state index contributed by atoms with van der Waals surface area (Å²) in [7, 11) is 0. The molecule has 2 aromatic rings. The molecule has 5 heteroatoms. The van der Waals surface area contributed by atoms with E-state index in [1.165, 1.54) is 0 Å². The molecule has 0 aliphatic carbocycles. The molecule has 1 atom stereocenters. The largest absolute Gasteiger partial charge is 0.383 e. The maximum absolute atomic E-state index is 9.14. The van der Waals surface area contributed by atoms with Crippen LogP contribution >= 0.6 is 0 Å². The van der Waals surface area contributed by atoms with Crippen molar-refractivity contribution in [1.82, 2.24) is 9.88 Å². The summed E-state index contributed by atoms with van der Waals surface area (Å²) in [6, 6.07) is 12.3. The van der Waals surface area contributed by atoms with Crippen molar-refractivity contribution in [2.45, 2.75) is 13.0 Å². The lowest BCUT2D eigenvalue weighted by Gasteiger charge is -2.32. The summed E-state index contributed by atoms with van der Waals surface area (Å²) in [5, 5.41) is 13.7. The summed E-state index contributed by atoms with van der Waals surface area (Å²) in [5.74, 6) is 0. The van der Waals surface area contributed by atoms with Crippen LogP contribution in [0.2, 0.25) is 0 Å². The minimum Gasteiger partial charge on any atom is -0.383 e. The molecular formula is C17H20N4O. The molecule has 0 amide bonds. The zero-order valence-corrected chi connectivity index (χ0v) is 12.7. The number of nitriles is 1. The van der Waals surface area contributed by atoms with E-state index >= 15 is 0 Å². The van der Waals surface area contributed by atoms with Gasteiger partial charge in [0.2, 0.25) is 0 Å². The van der Waals surface area contributed by atoms with Crippen LogP contribution in [0.3, 0.4) is 0 Å². The van der Waals surface area contributed by atoms with Crippen LogP contribution in [0.4, 0.5) is 5.69 Å². The van der Waals surface area contributed by atoms with Gasteiger partial charge in [-0.25, -0.2) is 4.98 Å². The second kappa shape index (κ2) is 6.73. The summed E-state index contributed by atoms with van der Waals surface area (Å²) >= 11 is 0. The smallest absolute Gasteiger partial charge is 0.143 e. The monoisotopic (exact) mass is 296 g/mol. The molecule has 5 nitrogen and oxygen atoms in total. The van der Waals surface area contributed by atoms with Crippen LogP contribution in [0.5, 0.6) is 0 Å². The molecule has 0 spiro atoms. The van der Waals surface area contributed by atoms with E-state index in [9.17, 15) is 0 Å². The van der Waals surface area contributed by atoms with Crippen LogP contribution in [0.15, 0.2) is 30.3 Å². The van der Waals surface area contributed by atoms with Gasteiger partial charge in [0.25, 0.3) is 0 Å². The van der Waals surface area contributed by atoms with E-state index < -0.39 is 0 Å². The third-order valence-corrected chi connectivity index (χ3v) is 4.09. The van der Waals surface area contributed by atoms with E-state index in [1.54, 1.807) is 0 Å². The van der Waals surface area contributed by atoms with Crippen LogP contribution in [0, 0.1) is 11.3 Å². The van der Waals surface area contributed by atoms with Gasteiger partial charge < -0.3 is 10.1 Å². The third-order valence-electron chi connectivity index (χ3n) is 4.09. The van der Waals surface area contributed by atoms with Gasteiger partial charge in [-0.3, -0.25) is 4.90 Å². The molecule has 0 bridgehead atoms. The van der Waals surface area contributed by atoms with Gasteiger partial charge in [0.1, 0.15) is 11.8 Å². The number of morpholine rings is 1. The first-order chi connectivity index (χ1) is 10.8. The fourth-order valence-corrected chi connectivity index (χ4v) is 2.78. The number of hydrogen-bond donors (Lipinski definition) is 1. The molecule has 0 saturated carbocycles. The van der Waals surface area contributed by atoms with Crippen molar-refractivity contribution < 1.29 is 4.74 Å². The summed E-state index contributed by atoms with van der Waals surface area (Å²) in [6.45, 7) is 6.61. The highest BCUT2D eigenvalue weighted by Gasteiger charge is 2.17. The van der Waals surface area contributed by atoms with Gasteiger partial charge in [-0.1, -0.05) is 18.2 Å². The van der Waals surface area contributed by atoms with Crippen LogP contribution < -0.4 is 5.32 Å². The van der Waals surface area contributed by atoms with Gasteiger partial charge >= 0.3 is 0 Å². The van der Waals surface area contributed by atoms with Crippen molar-refractivity contribution in [3.63, 3.8) is 0 Å². The van der Waals surface area contributed by atoms with Gasteiger partial charge in [0, 0.05) is 36.7 Å². The minimum absolute atomic E-state index is 0.418. The van der Waals surface area contributed by atoms with Gasteiger partial charge in [-0.15, -0.1) is 0 Å². The van der Waals surface area contributed by atoms with E-state index in [1.807, 2.05) is 30.3 Å². The molecular weight excluding hydrogens is 276 g/mol. The molecule has 22 heavy (non-hydrogen) atoms. The predicted octanol–water partition coefficient (Wildman–Crippen LogP) is 2.24. The number of anilines is 1. The highest BCUT2D eigenvalue weighted by Crippen LogP contribution is 2.23. The van der Waals surface area contributed by atoms with E-state index in [4.69, 9.17) is 10.00 Å². The Morgan fingerprint density at radius 2 is 2.14 bits per heavy atom. The molecule has 1 N–H and O–H groups in total. The Balaban J connectivity index is 1.77. The molecule has 1 unspecified atom stereocenters. The van der Waals surface area contributed by atoms with Gasteiger partial charge in [0.05, 0.1) is 18.7 Å². The Bertz CT molecular complexity index is 689. The fraction of sp³-hybridized carbons (Fsp3) is 0.412. The number of hydrogen-bond acceptors (Lipinski definition) is 5. The number of ether oxygens (including phenoxy) is 1.